The highest BCUT2D eigenvalue weighted by atomic mass is 32.1. The van der Waals surface area contributed by atoms with Crippen LogP contribution in [0.15, 0.2) is 40.2 Å². The maximum atomic E-state index is 13.9. The van der Waals surface area contributed by atoms with Crippen molar-refractivity contribution in [3.63, 3.8) is 0 Å². The minimum Gasteiger partial charge on any atom is -0.496 e. The van der Waals surface area contributed by atoms with Crippen LogP contribution in [0.3, 0.4) is 0 Å². The van der Waals surface area contributed by atoms with E-state index in [1.165, 1.54) is 60.9 Å². The fourth-order valence-electron chi connectivity index (χ4n) is 3.92. The Morgan fingerprint density at radius 1 is 1.20 bits per heavy atom. The lowest BCUT2D eigenvalue weighted by Gasteiger charge is -2.23. The number of halogens is 1. The molecule has 0 aliphatic carbocycles. The highest BCUT2D eigenvalue weighted by molar-refractivity contribution is 7.21. The van der Waals surface area contributed by atoms with Gasteiger partial charge in [0.15, 0.2) is 0 Å². The zero-order chi connectivity index (χ0) is 29.8. The van der Waals surface area contributed by atoms with Gasteiger partial charge in [-0.15, -0.1) is 4.80 Å². The molecular weight excluding hydrogens is 547 g/mol. The summed E-state index contributed by atoms with van der Waals surface area (Å²) in [6.45, 7) is 4.19. The maximum Gasteiger partial charge on any atom is 0.333 e. The second-order valence-corrected chi connectivity index (χ2v) is 10.1. The van der Waals surface area contributed by atoms with Crippen LogP contribution in [0.4, 0.5) is 4.39 Å². The molecule has 1 aromatic carbocycles. The molecule has 0 saturated carbocycles. The fraction of sp³-hybridized carbons (Fsp3) is 0.360. The molecule has 0 radical (unpaired) electrons. The monoisotopic (exact) mass is 576 g/mol. The Morgan fingerprint density at radius 2 is 1.85 bits per heavy atom. The number of hydrogen-bond donors (Lipinski definition) is 3. The molecule has 0 saturated heterocycles. The van der Waals surface area contributed by atoms with Crippen LogP contribution in [0.2, 0.25) is 0 Å². The molecule has 0 aliphatic rings. The maximum absolute atomic E-state index is 13.9. The minimum absolute atomic E-state index is 0.0526. The lowest BCUT2D eigenvalue weighted by atomic mass is 10.1. The Balaban J connectivity index is 0.000000663. The van der Waals surface area contributed by atoms with E-state index in [9.17, 15) is 28.7 Å². The largest absolute Gasteiger partial charge is 0.496 e. The van der Waals surface area contributed by atoms with Crippen LogP contribution in [0, 0.1) is 12.7 Å². The predicted molar refractivity (Wildman–Crippen MR) is 145 cm³/mol. The number of carboxylic acids is 1. The van der Waals surface area contributed by atoms with Gasteiger partial charge in [0, 0.05) is 18.5 Å². The second kappa shape index (κ2) is 12.2. The number of aliphatic hydroxyl groups is 1. The number of aryl methyl sites for hydroxylation is 3. The average Bonchev–Trinajstić information content (AvgIpc) is 3.52. The molecule has 0 atom stereocenters. The Hall–Kier alpha value is -4.37. The summed E-state index contributed by atoms with van der Waals surface area (Å²) >= 11 is 1.15. The number of carbonyl (C=O) groups excluding carboxylic acids is 1. The van der Waals surface area contributed by atoms with Crippen molar-refractivity contribution in [3.05, 3.63) is 68.4 Å². The molecule has 0 unspecified atom stereocenters. The number of rotatable bonds is 9. The van der Waals surface area contributed by atoms with Crippen molar-refractivity contribution in [2.24, 2.45) is 5.73 Å². The second-order valence-electron chi connectivity index (χ2n) is 9.12. The van der Waals surface area contributed by atoms with Gasteiger partial charge in [0.25, 0.3) is 5.56 Å². The summed E-state index contributed by atoms with van der Waals surface area (Å²) in [5.41, 5.74) is 2.36. The summed E-state index contributed by atoms with van der Waals surface area (Å²) in [5, 5.41) is 26.7. The van der Waals surface area contributed by atoms with Crippen LogP contribution >= 0.6 is 11.3 Å². The molecule has 4 rings (SSSR count). The first-order valence-corrected chi connectivity index (χ1v) is 12.8. The molecule has 4 N–H and O–H groups in total. The van der Waals surface area contributed by atoms with Crippen LogP contribution in [-0.4, -0.2) is 59.9 Å². The molecule has 1 amide bonds. The third kappa shape index (κ3) is 5.94. The molecule has 4 aromatic rings. The standard InChI is InChI=1S/C22H22FN5O5S.C3H7NO2/c1-12-16-17(29)27(22(2,3)20(30)31)21(32)26(19(16)34-18(12)28-24-8-9-25-28)10-7-13-11-14(23)5-6-15(13)33-4;4-3(6)1-2-5/h5-6,8-9,11H,7,10H2,1-4H3,(H,30,31);5H,1-2H2,(H2,4,6). The van der Waals surface area contributed by atoms with E-state index in [-0.39, 0.29) is 31.4 Å². The number of primary amides is 1. The first kappa shape index (κ1) is 30.2. The van der Waals surface area contributed by atoms with E-state index in [1.807, 2.05) is 0 Å². The average molecular weight is 577 g/mol. The van der Waals surface area contributed by atoms with E-state index in [0.717, 1.165) is 15.9 Å². The number of aromatic nitrogens is 5. The van der Waals surface area contributed by atoms with Crippen molar-refractivity contribution >= 4 is 33.4 Å². The number of carboxylic acid groups (broad SMARTS) is 1. The van der Waals surface area contributed by atoms with E-state index in [4.69, 9.17) is 9.84 Å². The van der Waals surface area contributed by atoms with Crippen molar-refractivity contribution in [1.82, 2.24) is 24.1 Å². The number of aliphatic carboxylic acids is 1. The van der Waals surface area contributed by atoms with Crippen LogP contribution in [0.25, 0.3) is 15.2 Å². The molecule has 214 valence electrons. The van der Waals surface area contributed by atoms with Crippen LogP contribution in [-0.2, 0) is 28.1 Å². The van der Waals surface area contributed by atoms with E-state index in [2.05, 4.69) is 15.9 Å². The summed E-state index contributed by atoms with van der Waals surface area (Å²) in [6, 6.07) is 4.08. The van der Waals surface area contributed by atoms with Gasteiger partial charge >= 0.3 is 11.7 Å². The number of methoxy groups -OCH3 is 1. The van der Waals surface area contributed by atoms with E-state index < -0.39 is 34.5 Å². The van der Waals surface area contributed by atoms with Crippen molar-refractivity contribution in [2.45, 2.75) is 45.7 Å². The number of nitrogens with zero attached hydrogens (tertiary/aromatic N) is 5. The highest BCUT2D eigenvalue weighted by Crippen LogP contribution is 2.31. The van der Waals surface area contributed by atoms with Gasteiger partial charge in [0.1, 0.15) is 26.9 Å². The molecule has 0 aliphatic heterocycles. The van der Waals surface area contributed by atoms with Crippen molar-refractivity contribution in [3.8, 4) is 10.8 Å². The van der Waals surface area contributed by atoms with E-state index >= 15 is 0 Å². The molecule has 0 bridgehead atoms. The number of nitrogens with two attached hydrogens (primary N) is 1. The molecule has 3 aromatic heterocycles. The molecule has 15 heteroatoms. The Labute approximate surface area is 230 Å². The number of hydrogen-bond acceptors (Lipinski definition) is 9. The lowest BCUT2D eigenvalue weighted by molar-refractivity contribution is -0.146. The number of fused-ring (bicyclic) bond motifs is 1. The van der Waals surface area contributed by atoms with Gasteiger partial charge in [-0.1, -0.05) is 11.3 Å². The van der Waals surface area contributed by atoms with Crippen LogP contribution in [0.5, 0.6) is 5.75 Å². The zero-order valence-electron chi connectivity index (χ0n) is 22.3. The number of amides is 1. The van der Waals surface area contributed by atoms with Crippen molar-refractivity contribution in [2.75, 3.05) is 13.7 Å². The van der Waals surface area contributed by atoms with Crippen molar-refractivity contribution in [1.29, 1.82) is 0 Å². The Kier molecular flexibility index (Phi) is 9.21. The zero-order valence-corrected chi connectivity index (χ0v) is 23.1. The molecule has 0 spiro atoms. The summed E-state index contributed by atoms with van der Waals surface area (Å²) in [7, 11) is 1.46. The lowest BCUT2D eigenvalue weighted by Crippen LogP contribution is -2.52. The van der Waals surface area contributed by atoms with Crippen LogP contribution in [0.1, 0.15) is 31.4 Å². The first-order chi connectivity index (χ1) is 18.8. The molecular formula is C25H29FN6O7S. The number of thiophene rings is 1. The van der Waals surface area contributed by atoms with E-state index in [1.54, 1.807) is 6.92 Å². The minimum atomic E-state index is -1.81. The summed E-state index contributed by atoms with van der Waals surface area (Å²) in [5.74, 6) is -1.79. The predicted octanol–water partition coefficient (Wildman–Crippen LogP) is 1.18. The highest BCUT2D eigenvalue weighted by Gasteiger charge is 2.35. The molecule has 0 fully saturated rings. The Morgan fingerprint density at radius 3 is 2.38 bits per heavy atom. The topological polar surface area (TPSA) is 185 Å². The van der Waals surface area contributed by atoms with Gasteiger partial charge in [-0.25, -0.2) is 18.5 Å². The van der Waals surface area contributed by atoms with Gasteiger partial charge in [-0.05, 0) is 51.0 Å². The third-order valence-corrected chi connectivity index (χ3v) is 7.36. The molecule has 3 heterocycles. The number of benzene rings is 1. The number of carbonyl (C=O) groups is 2. The Bertz CT molecular complexity index is 1660. The number of aliphatic hydroxyl groups excluding tert-OH is 1. The SMILES string of the molecule is COc1ccc(F)cc1CCn1c(=O)n(C(C)(C)C(=O)O)c(=O)c2c(C)c(-n3nccn3)sc21.NC(=O)CCO. The fourth-order valence-corrected chi connectivity index (χ4v) is 5.15. The molecule has 13 nitrogen and oxygen atoms in total. The van der Waals surface area contributed by atoms with Gasteiger partial charge < -0.3 is 20.7 Å². The van der Waals surface area contributed by atoms with Crippen LogP contribution < -0.4 is 21.7 Å². The van der Waals surface area contributed by atoms with Gasteiger partial charge in [-0.2, -0.15) is 10.2 Å². The summed E-state index contributed by atoms with van der Waals surface area (Å²) < 4.78 is 21.3. The van der Waals surface area contributed by atoms with Gasteiger partial charge in [0.2, 0.25) is 5.91 Å². The molecule has 40 heavy (non-hydrogen) atoms. The quantitative estimate of drug-likeness (QED) is 0.263. The summed E-state index contributed by atoms with van der Waals surface area (Å²) in [4.78, 5) is 50.3. The van der Waals surface area contributed by atoms with Crippen molar-refractivity contribution < 1.29 is 28.9 Å². The normalized spacial score (nSPS) is 11.2. The smallest absolute Gasteiger partial charge is 0.333 e. The third-order valence-electron chi connectivity index (χ3n) is 6.08. The van der Waals surface area contributed by atoms with E-state index in [0.29, 0.717) is 26.7 Å². The first-order valence-electron chi connectivity index (χ1n) is 12.0. The summed E-state index contributed by atoms with van der Waals surface area (Å²) in [6.07, 6.45) is 3.24. The van der Waals surface area contributed by atoms with Gasteiger partial charge in [-0.3, -0.25) is 14.2 Å². The number of ether oxygens (including phenoxy) is 1. The van der Waals surface area contributed by atoms with Gasteiger partial charge in [0.05, 0.1) is 31.5 Å².